The van der Waals surface area contributed by atoms with Gasteiger partial charge in [-0.1, -0.05) is 17.7 Å². The Morgan fingerprint density at radius 2 is 2.00 bits per heavy atom. The summed E-state index contributed by atoms with van der Waals surface area (Å²) in [6.07, 6.45) is 1.79. The Morgan fingerprint density at radius 1 is 1.15 bits per heavy atom. The average molecular weight is 284 g/mol. The molecule has 0 aliphatic heterocycles. The fraction of sp³-hybridized carbons (Fsp3) is 0.0625. The van der Waals surface area contributed by atoms with Gasteiger partial charge in [0, 0.05) is 23.0 Å². The summed E-state index contributed by atoms with van der Waals surface area (Å²) in [5.74, 6) is 0. The lowest BCUT2D eigenvalue weighted by Gasteiger charge is -2.12. The van der Waals surface area contributed by atoms with E-state index in [0.717, 1.165) is 27.8 Å². The number of nitrogens with two attached hydrogens (primary N) is 1. The number of benzene rings is 2. The van der Waals surface area contributed by atoms with Crippen LogP contribution in [0.3, 0.4) is 0 Å². The number of pyridine rings is 1. The van der Waals surface area contributed by atoms with E-state index in [2.05, 4.69) is 16.4 Å². The molecule has 0 bridgehead atoms. The molecule has 0 fully saturated rings. The first-order chi connectivity index (χ1) is 9.63. The smallest absolute Gasteiger partial charge is 0.0703 e. The van der Waals surface area contributed by atoms with Gasteiger partial charge in [0.15, 0.2) is 0 Å². The standard InChI is InChI=1S/C16H14ClN3/c1-10-7-14(18)13(17)9-16(10)20-12-4-5-15-11(8-12)3-2-6-19-15/h2-9,20H,18H2,1H3. The van der Waals surface area contributed by atoms with Crippen molar-refractivity contribution in [2.45, 2.75) is 6.92 Å². The minimum atomic E-state index is 0.556. The molecule has 0 saturated heterocycles. The van der Waals surface area contributed by atoms with E-state index in [4.69, 9.17) is 17.3 Å². The summed E-state index contributed by atoms with van der Waals surface area (Å²) in [5.41, 5.74) is 10.4. The molecule has 0 aliphatic rings. The van der Waals surface area contributed by atoms with E-state index in [1.807, 2.05) is 43.3 Å². The molecule has 20 heavy (non-hydrogen) atoms. The molecular formula is C16H14ClN3. The molecule has 0 spiro atoms. The van der Waals surface area contributed by atoms with E-state index < -0.39 is 0 Å². The van der Waals surface area contributed by atoms with E-state index in [0.29, 0.717) is 10.7 Å². The van der Waals surface area contributed by atoms with Gasteiger partial charge in [-0.05, 0) is 48.9 Å². The summed E-state index contributed by atoms with van der Waals surface area (Å²) >= 11 is 6.07. The van der Waals surface area contributed by atoms with Crippen molar-refractivity contribution in [2.24, 2.45) is 0 Å². The van der Waals surface area contributed by atoms with Crippen molar-refractivity contribution in [3.05, 3.63) is 59.2 Å². The molecule has 0 saturated carbocycles. The summed E-state index contributed by atoms with van der Waals surface area (Å²) in [7, 11) is 0. The number of fused-ring (bicyclic) bond motifs is 1. The maximum absolute atomic E-state index is 6.07. The largest absolute Gasteiger partial charge is 0.398 e. The van der Waals surface area contributed by atoms with Gasteiger partial charge in [-0.2, -0.15) is 0 Å². The molecule has 3 nitrogen and oxygen atoms in total. The highest BCUT2D eigenvalue weighted by Gasteiger charge is 2.04. The van der Waals surface area contributed by atoms with E-state index in [1.165, 1.54) is 0 Å². The van der Waals surface area contributed by atoms with Crippen molar-refractivity contribution in [1.82, 2.24) is 4.98 Å². The predicted octanol–water partition coefficient (Wildman–Crippen LogP) is 4.52. The van der Waals surface area contributed by atoms with E-state index >= 15 is 0 Å². The molecule has 3 aromatic rings. The number of nitrogens with one attached hydrogen (secondary N) is 1. The monoisotopic (exact) mass is 283 g/mol. The Morgan fingerprint density at radius 3 is 2.85 bits per heavy atom. The fourth-order valence-electron chi connectivity index (χ4n) is 2.15. The van der Waals surface area contributed by atoms with Crippen molar-refractivity contribution in [3.8, 4) is 0 Å². The van der Waals surface area contributed by atoms with Crippen molar-refractivity contribution in [1.29, 1.82) is 0 Å². The Kier molecular flexibility index (Phi) is 3.20. The topological polar surface area (TPSA) is 50.9 Å². The van der Waals surface area contributed by atoms with Crippen LogP contribution in [0.2, 0.25) is 5.02 Å². The number of aryl methyl sites for hydroxylation is 1. The van der Waals surface area contributed by atoms with Crippen LogP contribution in [0.25, 0.3) is 10.9 Å². The van der Waals surface area contributed by atoms with Crippen LogP contribution in [-0.2, 0) is 0 Å². The molecule has 0 amide bonds. The number of rotatable bonds is 2. The fourth-order valence-corrected chi connectivity index (χ4v) is 2.31. The minimum Gasteiger partial charge on any atom is -0.398 e. The van der Waals surface area contributed by atoms with Crippen LogP contribution < -0.4 is 11.1 Å². The highest BCUT2D eigenvalue weighted by atomic mass is 35.5. The van der Waals surface area contributed by atoms with Crippen molar-refractivity contribution < 1.29 is 0 Å². The second kappa shape index (κ2) is 5.02. The average Bonchev–Trinajstić information content (AvgIpc) is 2.44. The Hall–Kier alpha value is -2.26. The molecule has 0 unspecified atom stereocenters. The first-order valence-electron chi connectivity index (χ1n) is 6.31. The quantitative estimate of drug-likeness (QED) is 0.680. The Bertz CT molecular complexity index is 784. The number of nitrogens with zero attached hydrogens (tertiary/aromatic N) is 1. The summed E-state index contributed by atoms with van der Waals surface area (Å²) in [6.45, 7) is 2.00. The summed E-state index contributed by atoms with van der Waals surface area (Å²) in [6, 6.07) is 13.7. The zero-order chi connectivity index (χ0) is 14.1. The first-order valence-corrected chi connectivity index (χ1v) is 6.69. The molecule has 0 atom stereocenters. The van der Waals surface area contributed by atoms with E-state index in [9.17, 15) is 0 Å². The van der Waals surface area contributed by atoms with Crippen LogP contribution in [0.15, 0.2) is 48.7 Å². The van der Waals surface area contributed by atoms with Gasteiger partial charge in [-0.15, -0.1) is 0 Å². The van der Waals surface area contributed by atoms with E-state index in [-0.39, 0.29) is 0 Å². The van der Waals surface area contributed by atoms with Gasteiger partial charge in [0.05, 0.1) is 16.2 Å². The zero-order valence-corrected chi connectivity index (χ0v) is 11.8. The van der Waals surface area contributed by atoms with Gasteiger partial charge in [0.1, 0.15) is 0 Å². The van der Waals surface area contributed by atoms with Crippen molar-refractivity contribution in [2.75, 3.05) is 11.1 Å². The lowest BCUT2D eigenvalue weighted by atomic mass is 10.1. The van der Waals surface area contributed by atoms with Crippen molar-refractivity contribution >= 4 is 39.6 Å². The van der Waals surface area contributed by atoms with Crippen LogP contribution >= 0.6 is 11.6 Å². The molecule has 0 radical (unpaired) electrons. The highest BCUT2D eigenvalue weighted by Crippen LogP contribution is 2.29. The number of anilines is 3. The minimum absolute atomic E-state index is 0.556. The summed E-state index contributed by atoms with van der Waals surface area (Å²) in [5, 5.41) is 5.01. The third kappa shape index (κ3) is 2.40. The van der Waals surface area contributed by atoms with E-state index in [1.54, 1.807) is 6.20 Å². The molecule has 2 aromatic carbocycles. The van der Waals surface area contributed by atoms with Gasteiger partial charge < -0.3 is 11.1 Å². The maximum atomic E-state index is 6.07. The molecule has 1 heterocycles. The third-order valence-electron chi connectivity index (χ3n) is 3.23. The zero-order valence-electron chi connectivity index (χ0n) is 11.0. The molecule has 4 heteroatoms. The van der Waals surface area contributed by atoms with Crippen LogP contribution in [-0.4, -0.2) is 4.98 Å². The second-order valence-electron chi connectivity index (χ2n) is 4.72. The van der Waals surface area contributed by atoms with Crippen LogP contribution in [0.4, 0.5) is 17.1 Å². The number of aromatic nitrogens is 1. The summed E-state index contributed by atoms with van der Waals surface area (Å²) in [4.78, 5) is 4.31. The number of nitrogen functional groups attached to an aromatic ring is 1. The molecule has 3 N–H and O–H groups in total. The summed E-state index contributed by atoms with van der Waals surface area (Å²) < 4.78 is 0. The van der Waals surface area contributed by atoms with Gasteiger partial charge in [0.2, 0.25) is 0 Å². The van der Waals surface area contributed by atoms with Crippen molar-refractivity contribution in [3.63, 3.8) is 0 Å². The number of halogens is 1. The maximum Gasteiger partial charge on any atom is 0.0703 e. The normalized spacial score (nSPS) is 10.7. The SMILES string of the molecule is Cc1cc(N)c(Cl)cc1Nc1ccc2ncccc2c1. The molecule has 1 aromatic heterocycles. The Labute approximate surface area is 122 Å². The van der Waals surface area contributed by atoms with Gasteiger partial charge in [-0.25, -0.2) is 0 Å². The molecule has 100 valence electrons. The van der Waals surface area contributed by atoms with Crippen LogP contribution in [0.5, 0.6) is 0 Å². The van der Waals surface area contributed by atoms with Crippen LogP contribution in [0.1, 0.15) is 5.56 Å². The lowest BCUT2D eigenvalue weighted by Crippen LogP contribution is -1.96. The molecular weight excluding hydrogens is 270 g/mol. The van der Waals surface area contributed by atoms with Gasteiger partial charge >= 0.3 is 0 Å². The lowest BCUT2D eigenvalue weighted by molar-refractivity contribution is 1.40. The number of hydrogen-bond acceptors (Lipinski definition) is 3. The highest BCUT2D eigenvalue weighted by molar-refractivity contribution is 6.33. The second-order valence-corrected chi connectivity index (χ2v) is 5.13. The Balaban J connectivity index is 1.99. The van der Waals surface area contributed by atoms with Crippen LogP contribution in [0, 0.1) is 6.92 Å². The van der Waals surface area contributed by atoms with Gasteiger partial charge in [-0.3, -0.25) is 4.98 Å². The molecule has 3 rings (SSSR count). The first kappa shape index (κ1) is 12.8. The number of hydrogen-bond donors (Lipinski definition) is 2. The third-order valence-corrected chi connectivity index (χ3v) is 3.55. The predicted molar refractivity (Wildman–Crippen MR) is 85.6 cm³/mol. The van der Waals surface area contributed by atoms with Gasteiger partial charge in [0.25, 0.3) is 0 Å². The molecule has 0 aliphatic carbocycles.